The molecule has 0 saturated carbocycles. The predicted octanol–water partition coefficient (Wildman–Crippen LogP) is 0.630. The maximum Gasteiger partial charge on any atom is 0.345 e. The van der Waals surface area contributed by atoms with Crippen LogP contribution >= 0.6 is 0 Å². The summed E-state index contributed by atoms with van der Waals surface area (Å²) in [5.41, 5.74) is 0.988. The fraction of sp³-hybridized carbons (Fsp3) is 0.200. The molecule has 1 heterocycles. The number of aryl methyl sites for hydroxylation is 1. The van der Waals surface area contributed by atoms with E-state index < -0.39 is 0 Å². The summed E-state index contributed by atoms with van der Waals surface area (Å²) in [4.78, 5) is 11.4. The molecule has 0 aliphatic carbocycles. The monoisotopic (exact) mass is 189 g/mol. The second-order valence-electron chi connectivity index (χ2n) is 3.17. The first-order valence-electron chi connectivity index (χ1n) is 4.40. The van der Waals surface area contributed by atoms with Gasteiger partial charge in [0.15, 0.2) is 0 Å². The molecule has 4 nitrogen and oxygen atoms in total. The topological polar surface area (TPSA) is 39.8 Å². The van der Waals surface area contributed by atoms with Gasteiger partial charge in [0.25, 0.3) is 0 Å². The van der Waals surface area contributed by atoms with E-state index in [4.69, 9.17) is 0 Å². The van der Waals surface area contributed by atoms with Gasteiger partial charge in [-0.15, -0.1) is 0 Å². The van der Waals surface area contributed by atoms with Crippen LogP contribution in [0.25, 0.3) is 0 Å². The van der Waals surface area contributed by atoms with Crippen LogP contribution in [0.15, 0.2) is 41.5 Å². The van der Waals surface area contributed by atoms with Crippen LogP contribution in [0, 0.1) is 0 Å². The van der Waals surface area contributed by atoms with Gasteiger partial charge in [-0.3, -0.25) is 4.57 Å². The van der Waals surface area contributed by atoms with Crippen LogP contribution in [0.5, 0.6) is 0 Å². The molecule has 0 atom stereocenters. The lowest BCUT2D eigenvalue weighted by molar-refractivity contribution is 0.647. The standard InChI is InChI=1S/C10H11N3O/c1-12-8-11-13(10(12)14)7-9-5-3-2-4-6-9/h2-6,8H,7H2,1H3. The molecule has 0 amide bonds. The number of rotatable bonds is 2. The van der Waals surface area contributed by atoms with Crippen LogP contribution in [-0.2, 0) is 13.6 Å². The number of aromatic nitrogens is 3. The summed E-state index contributed by atoms with van der Waals surface area (Å²) in [6.07, 6.45) is 1.52. The van der Waals surface area contributed by atoms with E-state index in [1.54, 1.807) is 7.05 Å². The summed E-state index contributed by atoms with van der Waals surface area (Å²) < 4.78 is 2.90. The molecule has 1 aromatic carbocycles. The molecule has 2 aromatic rings. The number of nitrogens with zero attached hydrogens (tertiary/aromatic N) is 3. The maximum absolute atomic E-state index is 11.4. The molecular formula is C10H11N3O. The van der Waals surface area contributed by atoms with Gasteiger partial charge in [0.05, 0.1) is 6.54 Å². The Morgan fingerprint density at radius 1 is 1.29 bits per heavy atom. The molecule has 0 aliphatic heterocycles. The van der Waals surface area contributed by atoms with Crippen molar-refractivity contribution in [2.75, 3.05) is 0 Å². The van der Waals surface area contributed by atoms with Gasteiger partial charge in [0.2, 0.25) is 0 Å². The third-order valence-corrected chi connectivity index (χ3v) is 2.06. The first-order chi connectivity index (χ1) is 6.77. The summed E-state index contributed by atoms with van der Waals surface area (Å²) >= 11 is 0. The van der Waals surface area contributed by atoms with Gasteiger partial charge in [-0.05, 0) is 5.56 Å². The van der Waals surface area contributed by atoms with Gasteiger partial charge < -0.3 is 0 Å². The van der Waals surface area contributed by atoms with Crippen LogP contribution in [0.4, 0.5) is 0 Å². The third-order valence-electron chi connectivity index (χ3n) is 2.06. The first kappa shape index (κ1) is 8.74. The molecule has 0 spiro atoms. The summed E-state index contributed by atoms with van der Waals surface area (Å²) in [5.74, 6) is 0. The van der Waals surface area contributed by atoms with Gasteiger partial charge in [-0.1, -0.05) is 30.3 Å². The van der Waals surface area contributed by atoms with E-state index in [-0.39, 0.29) is 5.69 Å². The van der Waals surface area contributed by atoms with Crippen LogP contribution in [-0.4, -0.2) is 14.3 Å². The van der Waals surface area contributed by atoms with Crippen molar-refractivity contribution in [2.45, 2.75) is 6.54 Å². The highest BCUT2D eigenvalue weighted by Crippen LogP contribution is 1.98. The summed E-state index contributed by atoms with van der Waals surface area (Å²) in [6.45, 7) is 0.528. The van der Waals surface area contributed by atoms with E-state index >= 15 is 0 Å². The minimum atomic E-state index is -0.0890. The van der Waals surface area contributed by atoms with Gasteiger partial charge in [-0.25, -0.2) is 9.48 Å². The Hall–Kier alpha value is -1.84. The molecule has 0 fully saturated rings. The molecule has 1 aromatic heterocycles. The Bertz CT molecular complexity index is 470. The number of hydrogen-bond acceptors (Lipinski definition) is 2. The average Bonchev–Trinajstić information content (AvgIpc) is 2.52. The van der Waals surface area contributed by atoms with Crippen molar-refractivity contribution in [2.24, 2.45) is 7.05 Å². The van der Waals surface area contributed by atoms with E-state index in [1.807, 2.05) is 30.3 Å². The van der Waals surface area contributed by atoms with Crippen molar-refractivity contribution in [3.63, 3.8) is 0 Å². The van der Waals surface area contributed by atoms with Crippen LogP contribution < -0.4 is 5.69 Å². The Balaban J connectivity index is 2.28. The minimum Gasteiger partial charge on any atom is -0.285 e. The van der Waals surface area contributed by atoms with Crippen molar-refractivity contribution >= 4 is 0 Å². The summed E-state index contributed by atoms with van der Waals surface area (Å²) in [6, 6.07) is 9.79. The molecule has 0 aliphatic rings. The van der Waals surface area contributed by atoms with Gasteiger partial charge in [0.1, 0.15) is 6.33 Å². The van der Waals surface area contributed by atoms with Crippen molar-refractivity contribution in [1.82, 2.24) is 14.3 Å². The van der Waals surface area contributed by atoms with E-state index in [1.165, 1.54) is 15.6 Å². The third kappa shape index (κ3) is 1.59. The summed E-state index contributed by atoms with van der Waals surface area (Å²) in [5, 5.41) is 3.98. The zero-order chi connectivity index (χ0) is 9.97. The van der Waals surface area contributed by atoms with Crippen LogP contribution in [0.1, 0.15) is 5.56 Å². The zero-order valence-electron chi connectivity index (χ0n) is 7.92. The Kier molecular flexibility index (Phi) is 2.18. The molecule has 2 rings (SSSR count). The van der Waals surface area contributed by atoms with Crippen LogP contribution in [0.2, 0.25) is 0 Å². The molecule has 14 heavy (non-hydrogen) atoms. The van der Waals surface area contributed by atoms with Crippen LogP contribution in [0.3, 0.4) is 0 Å². The molecule has 0 N–H and O–H groups in total. The second-order valence-corrected chi connectivity index (χ2v) is 3.17. The fourth-order valence-corrected chi connectivity index (χ4v) is 1.29. The van der Waals surface area contributed by atoms with Gasteiger partial charge in [-0.2, -0.15) is 5.10 Å². The minimum absolute atomic E-state index is 0.0890. The second kappa shape index (κ2) is 3.49. The lowest BCUT2D eigenvalue weighted by atomic mass is 10.2. The smallest absolute Gasteiger partial charge is 0.285 e. The van der Waals surface area contributed by atoms with E-state index in [0.29, 0.717) is 6.54 Å². The Labute approximate surface area is 81.4 Å². The molecule has 0 radical (unpaired) electrons. The molecule has 4 heteroatoms. The highest BCUT2D eigenvalue weighted by atomic mass is 16.2. The molecule has 0 bridgehead atoms. The van der Waals surface area contributed by atoms with E-state index in [9.17, 15) is 4.79 Å². The zero-order valence-corrected chi connectivity index (χ0v) is 7.92. The predicted molar refractivity (Wildman–Crippen MR) is 53.0 cm³/mol. The SMILES string of the molecule is Cn1cnn(Cc2ccccc2)c1=O. The number of hydrogen-bond donors (Lipinski definition) is 0. The molecular weight excluding hydrogens is 178 g/mol. The van der Waals surface area contributed by atoms with Gasteiger partial charge in [0, 0.05) is 7.05 Å². The highest BCUT2D eigenvalue weighted by Gasteiger charge is 2.01. The molecule has 0 unspecified atom stereocenters. The highest BCUT2D eigenvalue weighted by molar-refractivity contribution is 5.14. The number of benzene rings is 1. The maximum atomic E-state index is 11.4. The fourth-order valence-electron chi connectivity index (χ4n) is 1.29. The summed E-state index contributed by atoms with van der Waals surface area (Å²) in [7, 11) is 1.69. The first-order valence-corrected chi connectivity index (χ1v) is 4.40. The quantitative estimate of drug-likeness (QED) is 0.695. The van der Waals surface area contributed by atoms with E-state index in [2.05, 4.69) is 5.10 Å². The lowest BCUT2D eigenvalue weighted by Crippen LogP contribution is -2.23. The largest absolute Gasteiger partial charge is 0.345 e. The molecule has 0 saturated heterocycles. The molecule has 72 valence electrons. The van der Waals surface area contributed by atoms with Crippen molar-refractivity contribution in [3.8, 4) is 0 Å². The Morgan fingerprint density at radius 2 is 2.00 bits per heavy atom. The van der Waals surface area contributed by atoms with E-state index in [0.717, 1.165) is 5.56 Å². The normalized spacial score (nSPS) is 10.4. The Morgan fingerprint density at radius 3 is 2.57 bits per heavy atom. The van der Waals surface area contributed by atoms with Gasteiger partial charge >= 0.3 is 5.69 Å². The van der Waals surface area contributed by atoms with Crippen molar-refractivity contribution < 1.29 is 0 Å². The lowest BCUT2D eigenvalue weighted by Gasteiger charge is -1.98. The van der Waals surface area contributed by atoms with Crippen molar-refractivity contribution in [1.29, 1.82) is 0 Å². The average molecular weight is 189 g/mol. The van der Waals surface area contributed by atoms with Crippen molar-refractivity contribution in [3.05, 3.63) is 52.7 Å².